The molecule has 0 unspecified atom stereocenters. The van der Waals surface area contributed by atoms with Gasteiger partial charge in [-0.3, -0.25) is 4.79 Å². The van der Waals surface area contributed by atoms with Crippen molar-refractivity contribution in [1.82, 2.24) is 0 Å². The first-order valence-corrected chi connectivity index (χ1v) is 7.78. The number of phenols is 1. The maximum atomic E-state index is 10.4. The SMILES string of the molecule is CCCCCCCCCC(N)=O.O=C(O)c1ccccc1O. The van der Waals surface area contributed by atoms with Crippen LogP contribution in [0.15, 0.2) is 24.3 Å². The van der Waals surface area contributed by atoms with Gasteiger partial charge in [0, 0.05) is 6.42 Å². The fourth-order valence-electron chi connectivity index (χ4n) is 1.91. The number of benzene rings is 1. The van der Waals surface area contributed by atoms with E-state index in [1.54, 1.807) is 12.1 Å². The average Bonchev–Trinajstić information content (AvgIpc) is 2.47. The molecule has 124 valence electrons. The lowest BCUT2D eigenvalue weighted by molar-refractivity contribution is -0.118. The van der Waals surface area contributed by atoms with Crippen LogP contribution in [0.2, 0.25) is 0 Å². The van der Waals surface area contributed by atoms with Crippen LogP contribution in [0.4, 0.5) is 0 Å². The van der Waals surface area contributed by atoms with Crippen molar-refractivity contribution in [1.29, 1.82) is 0 Å². The number of nitrogens with two attached hydrogens (primary N) is 1. The fourth-order valence-corrected chi connectivity index (χ4v) is 1.91. The Morgan fingerprint density at radius 3 is 2.00 bits per heavy atom. The third-order valence-corrected chi connectivity index (χ3v) is 3.16. The number of rotatable bonds is 9. The number of amides is 1. The number of hydrogen-bond donors (Lipinski definition) is 3. The lowest BCUT2D eigenvalue weighted by atomic mass is 10.1. The van der Waals surface area contributed by atoms with E-state index >= 15 is 0 Å². The molecule has 0 saturated carbocycles. The van der Waals surface area contributed by atoms with E-state index in [0.717, 1.165) is 12.8 Å². The molecule has 1 aromatic rings. The van der Waals surface area contributed by atoms with Gasteiger partial charge >= 0.3 is 5.97 Å². The Balaban J connectivity index is 0.000000406. The number of aromatic carboxylic acids is 1. The Morgan fingerprint density at radius 2 is 1.55 bits per heavy atom. The predicted octanol–water partition coefficient (Wildman–Crippen LogP) is 3.70. The fraction of sp³-hybridized carbons (Fsp3) is 0.529. The smallest absolute Gasteiger partial charge is 0.339 e. The molecule has 0 spiro atoms. The highest BCUT2D eigenvalue weighted by Gasteiger charge is 2.05. The van der Waals surface area contributed by atoms with E-state index in [-0.39, 0.29) is 17.2 Å². The van der Waals surface area contributed by atoms with Crippen molar-refractivity contribution < 1.29 is 19.8 Å². The summed E-state index contributed by atoms with van der Waals surface area (Å²) in [5.41, 5.74) is 4.95. The van der Waals surface area contributed by atoms with Gasteiger partial charge < -0.3 is 15.9 Å². The van der Waals surface area contributed by atoms with Gasteiger partial charge in [-0.15, -0.1) is 0 Å². The first-order chi connectivity index (χ1) is 10.5. The quantitative estimate of drug-likeness (QED) is 0.605. The van der Waals surface area contributed by atoms with E-state index in [4.69, 9.17) is 15.9 Å². The zero-order chi connectivity index (χ0) is 16.8. The number of carbonyl (C=O) groups is 2. The predicted molar refractivity (Wildman–Crippen MR) is 86.9 cm³/mol. The van der Waals surface area contributed by atoms with Crippen LogP contribution >= 0.6 is 0 Å². The summed E-state index contributed by atoms with van der Waals surface area (Å²) in [6, 6.07) is 5.81. The van der Waals surface area contributed by atoms with Gasteiger partial charge in [0.1, 0.15) is 11.3 Å². The Bertz CT molecular complexity index is 446. The molecule has 5 heteroatoms. The first-order valence-electron chi connectivity index (χ1n) is 7.78. The number of carboxylic acid groups (broad SMARTS) is 1. The van der Waals surface area contributed by atoms with Crippen LogP contribution in [0.1, 0.15) is 68.6 Å². The normalized spacial score (nSPS) is 9.68. The summed E-state index contributed by atoms with van der Waals surface area (Å²) in [7, 11) is 0. The minimum Gasteiger partial charge on any atom is -0.507 e. The number of primary amides is 1. The van der Waals surface area contributed by atoms with Gasteiger partial charge in [0.25, 0.3) is 0 Å². The van der Waals surface area contributed by atoms with E-state index in [2.05, 4.69) is 6.92 Å². The third kappa shape index (κ3) is 10.7. The van der Waals surface area contributed by atoms with Gasteiger partial charge in [-0.25, -0.2) is 4.79 Å². The minimum absolute atomic E-state index is 0.0671. The Labute approximate surface area is 132 Å². The number of para-hydroxylation sites is 1. The van der Waals surface area contributed by atoms with Crippen LogP contribution in [-0.4, -0.2) is 22.1 Å². The van der Waals surface area contributed by atoms with Crippen LogP contribution in [0.5, 0.6) is 5.75 Å². The van der Waals surface area contributed by atoms with Crippen LogP contribution in [0.3, 0.4) is 0 Å². The highest BCUT2D eigenvalue weighted by atomic mass is 16.4. The molecule has 0 aromatic heterocycles. The Morgan fingerprint density at radius 1 is 1.00 bits per heavy atom. The maximum Gasteiger partial charge on any atom is 0.339 e. The second-order valence-corrected chi connectivity index (χ2v) is 5.16. The molecule has 0 aliphatic rings. The number of unbranched alkanes of at least 4 members (excludes halogenated alkanes) is 6. The van der Waals surface area contributed by atoms with Gasteiger partial charge in [0.05, 0.1) is 0 Å². The number of carbonyl (C=O) groups excluding carboxylic acids is 1. The van der Waals surface area contributed by atoms with E-state index in [1.807, 2.05) is 0 Å². The van der Waals surface area contributed by atoms with Gasteiger partial charge in [0.2, 0.25) is 5.91 Å². The molecule has 0 aliphatic heterocycles. The second-order valence-electron chi connectivity index (χ2n) is 5.16. The molecule has 0 heterocycles. The van der Waals surface area contributed by atoms with Gasteiger partial charge in [-0.1, -0.05) is 57.6 Å². The molecule has 1 rings (SSSR count). The summed E-state index contributed by atoms with van der Waals surface area (Å²) in [6.45, 7) is 2.22. The van der Waals surface area contributed by atoms with Crippen molar-refractivity contribution in [3.05, 3.63) is 29.8 Å². The minimum atomic E-state index is -1.11. The lowest BCUT2D eigenvalue weighted by Gasteiger charge is -1.98. The highest BCUT2D eigenvalue weighted by Crippen LogP contribution is 2.14. The van der Waals surface area contributed by atoms with Crippen LogP contribution in [0, 0.1) is 0 Å². The molecule has 5 nitrogen and oxygen atoms in total. The molecule has 0 radical (unpaired) electrons. The number of aromatic hydroxyl groups is 1. The average molecular weight is 309 g/mol. The summed E-state index contributed by atoms with van der Waals surface area (Å²) >= 11 is 0. The summed E-state index contributed by atoms with van der Waals surface area (Å²) in [6.07, 6.45) is 9.24. The van der Waals surface area contributed by atoms with Gasteiger partial charge in [0.15, 0.2) is 0 Å². The highest BCUT2D eigenvalue weighted by molar-refractivity contribution is 5.90. The number of hydrogen-bond acceptors (Lipinski definition) is 3. The standard InChI is InChI=1S/C10H21NO.C7H6O3/c1-2-3-4-5-6-7-8-9-10(11)12;8-6-4-2-1-3-5(6)7(9)10/h2-9H2,1H3,(H2,11,12);1-4,8H,(H,9,10). The van der Waals surface area contributed by atoms with E-state index in [9.17, 15) is 9.59 Å². The zero-order valence-corrected chi connectivity index (χ0v) is 13.3. The third-order valence-electron chi connectivity index (χ3n) is 3.16. The first kappa shape index (κ1) is 20.0. The second kappa shape index (κ2) is 12.7. The zero-order valence-electron chi connectivity index (χ0n) is 13.3. The van der Waals surface area contributed by atoms with Crippen molar-refractivity contribution in [2.45, 2.75) is 58.3 Å². The van der Waals surface area contributed by atoms with Crippen molar-refractivity contribution >= 4 is 11.9 Å². The molecule has 22 heavy (non-hydrogen) atoms. The molecule has 1 amide bonds. The Kier molecular flexibility index (Phi) is 11.5. The Hall–Kier alpha value is -2.04. The van der Waals surface area contributed by atoms with Crippen molar-refractivity contribution in [2.75, 3.05) is 0 Å². The lowest BCUT2D eigenvalue weighted by Crippen LogP contribution is -2.09. The van der Waals surface area contributed by atoms with Crippen molar-refractivity contribution in [3.8, 4) is 5.75 Å². The summed E-state index contributed by atoms with van der Waals surface area (Å²) in [5, 5.41) is 17.3. The largest absolute Gasteiger partial charge is 0.507 e. The summed E-state index contributed by atoms with van der Waals surface area (Å²) in [5.74, 6) is -1.48. The monoisotopic (exact) mass is 309 g/mol. The molecular weight excluding hydrogens is 282 g/mol. The molecule has 1 aromatic carbocycles. The van der Waals surface area contributed by atoms with E-state index in [0.29, 0.717) is 6.42 Å². The maximum absolute atomic E-state index is 10.4. The summed E-state index contributed by atoms with van der Waals surface area (Å²) < 4.78 is 0. The van der Waals surface area contributed by atoms with Crippen molar-refractivity contribution in [3.63, 3.8) is 0 Å². The molecule has 0 aliphatic carbocycles. The molecule has 0 fully saturated rings. The van der Waals surface area contributed by atoms with Gasteiger partial charge in [-0.2, -0.15) is 0 Å². The molecule has 0 bridgehead atoms. The summed E-state index contributed by atoms with van der Waals surface area (Å²) in [4.78, 5) is 20.6. The van der Waals surface area contributed by atoms with E-state index in [1.165, 1.54) is 44.2 Å². The van der Waals surface area contributed by atoms with Crippen LogP contribution in [0.25, 0.3) is 0 Å². The van der Waals surface area contributed by atoms with Crippen molar-refractivity contribution in [2.24, 2.45) is 5.73 Å². The molecule has 4 N–H and O–H groups in total. The van der Waals surface area contributed by atoms with E-state index < -0.39 is 5.97 Å². The van der Waals surface area contributed by atoms with Crippen LogP contribution < -0.4 is 5.73 Å². The molecule has 0 atom stereocenters. The number of carboxylic acids is 1. The molecule has 0 saturated heterocycles. The van der Waals surface area contributed by atoms with Gasteiger partial charge in [-0.05, 0) is 18.6 Å². The molecular formula is C17H27NO4. The van der Waals surface area contributed by atoms with Crippen LogP contribution in [-0.2, 0) is 4.79 Å². The topological polar surface area (TPSA) is 101 Å².